The maximum atomic E-state index is 11.3. The van der Waals surface area contributed by atoms with Crippen molar-refractivity contribution in [3.05, 3.63) is 67.3 Å². The molecule has 0 aromatic heterocycles. The van der Waals surface area contributed by atoms with Gasteiger partial charge in [-0.05, 0) is 34.5 Å². The van der Waals surface area contributed by atoms with Gasteiger partial charge in [-0.15, -0.1) is 0 Å². The number of benzene rings is 2. The van der Waals surface area contributed by atoms with Crippen LogP contribution in [0.2, 0.25) is 0 Å². The van der Waals surface area contributed by atoms with Crippen molar-refractivity contribution in [3.63, 3.8) is 0 Å². The summed E-state index contributed by atoms with van der Waals surface area (Å²) in [6, 6.07) is 11.0. The van der Waals surface area contributed by atoms with Crippen LogP contribution in [0.25, 0.3) is 10.8 Å². The molecule has 0 spiro atoms. The van der Waals surface area contributed by atoms with E-state index in [2.05, 4.69) is 13.2 Å². The normalized spacial score (nSPS) is 10.0. The van der Waals surface area contributed by atoms with Gasteiger partial charge in [-0.3, -0.25) is 4.79 Å². The Labute approximate surface area is 117 Å². The van der Waals surface area contributed by atoms with Crippen molar-refractivity contribution in [2.45, 2.75) is 6.42 Å². The maximum absolute atomic E-state index is 11.3. The topological polar surface area (TPSA) is 43.4 Å². The van der Waals surface area contributed by atoms with Gasteiger partial charge >= 0.3 is 5.97 Å². The Bertz CT molecular complexity index is 637. The number of hydrogen-bond acceptors (Lipinski definition) is 3. The Balaban J connectivity index is 2.29. The Kier molecular flexibility index (Phi) is 4.11. The number of ketones is 1. The average molecular weight is 266 g/mol. The Morgan fingerprint density at radius 3 is 2.40 bits per heavy atom. The predicted octanol–water partition coefficient (Wildman–Crippen LogP) is 3.23. The van der Waals surface area contributed by atoms with Crippen LogP contribution in [0.3, 0.4) is 0 Å². The minimum Gasteiger partial charge on any atom is -0.423 e. The molecule has 0 aliphatic carbocycles. The highest BCUT2D eigenvalue weighted by Crippen LogP contribution is 2.22. The Hall–Kier alpha value is -2.68. The van der Waals surface area contributed by atoms with Crippen LogP contribution in [0.15, 0.2) is 61.7 Å². The smallest absolute Gasteiger partial charge is 0.335 e. The van der Waals surface area contributed by atoms with E-state index in [0.29, 0.717) is 12.2 Å². The summed E-state index contributed by atoms with van der Waals surface area (Å²) in [5, 5.41) is 1.92. The summed E-state index contributed by atoms with van der Waals surface area (Å²) in [4.78, 5) is 22.5. The first-order chi connectivity index (χ1) is 9.62. The number of carbonyl (C=O) groups is 2. The van der Waals surface area contributed by atoms with Crippen molar-refractivity contribution in [1.82, 2.24) is 0 Å². The molecule has 0 heterocycles. The van der Waals surface area contributed by atoms with E-state index in [1.165, 1.54) is 6.08 Å². The lowest BCUT2D eigenvalue weighted by atomic mass is 10.0. The van der Waals surface area contributed by atoms with Gasteiger partial charge < -0.3 is 4.74 Å². The number of carbonyl (C=O) groups excluding carboxylic acids is 2. The number of fused-ring (bicyclic) bond motifs is 1. The zero-order chi connectivity index (χ0) is 14.5. The molecule has 3 nitrogen and oxygen atoms in total. The number of rotatable bonds is 5. The van der Waals surface area contributed by atoms with Crippen molar-refractivity contribution in [1.29, 1.82) is 0 Å². The van der Waals surface area contributed by atoms with Gasteiger partial charge in [0.1, 0.15) is 5.75 Å². The number of hydrogen-bond donors (Lipinski definition) is 0. The first kappa shape index (κ1) is 13.7. The van der Waals surface area contributed by atoms with E-state index in [-0.39, 0.29) is 5.78 Å². The highest BCUT2D eigenvalue weighted by Gasteiger charge is 2.04. The molecule has 0 atom stereocenters. The molecule has 0 aliphatic heterocycles. The van der Waals surface area contributed by atoms with Crippen molar-refractivity contribution in [2.75, 3.05) is 0 Å². The molecule has 0 saturated heterocycles. The molecule has 0 radical (unpaired) electrons. The summed E-state index contributed by atoms with van der Waals surface area (Å²) >= 11 is 0. The summed E-state index contributed by atoms with van der Waals surface area (Å²) in [5.41, 5.74) is 0.929. The summed E-state index contributed by atoms with van der Waals surface area (Å²) < 4.78 is 5.06. The van der Waals surface area contributed by atoms with E-state index < -0.39 is 5.97 Å². The molecular weight excluding hydrogens is 252 g/mol. The molecule has 0 unspecified atom stereocenters. The second kappa shape index (κ2) is 5.97. The third kappa shape index (κ3) is 3.20. The van der Waals surface area contributed by atoms with Crippen molar-refractivity contribution in [2.24, 2.45) is 0 Å². The number of esters is 1. The van der Waals surface area contributed by atoms with Crippen molar-refractivity contribution < 1.29 is 14.3 Å². The molecule has 0 amide bonds. The van der Waals surface area contributed by atoms with Crippen molar-refractivity contribution in [3.8, 4) is 5.75 Å². The van der Waals surface area contributed by atoms with Crippen LogP contribution in [-0.2, 0) is 16.0 Å². The zero-order valence-corrected chi connectivity index (χ0v) is 11.0. The molecule has 2 rings (SSSR count). The molecule has 0 N–H and O–H groups in total. The van der Waals surface area contributed by atoms with E-state index in [0.717, 1.165) is 22.4 Å². The Morgan fingerprint density at radius 1 is 1.00 bits per heavy atom. The molecule has 20 heavy (non-hydrogen) atoms. The number of ether oxygens (including phenoxy) is 1. The summed E-state index contributed by atoms with van der Waals surface area (Å²) in [5.74, 6) is -0.0317. The van der Waals surface area contributed by atoms with Crippen LogP contribution in [0, 0.1) is 0 Å². The molecule has 0 bridgehead atoms. The fourth-order valence-corrected chi connectivity index (χ4v) is 1.88. The van der Waals surface area contributed by atoms with Gasteiger partial charge in [-0.1, -0.05) is 37.4 Å². The molecule has 2 aromatic carbocycles. The minimum absolute atomic E-state index is 0.0131. The van der Waals surface area contributed by atoms with E-state index in [1.54, 1.807) is 12.1 Å². The average Bonchev–Trinajstić information content (AvgIpc) is 2.47. The summed E-state index contributed by atoms with van der Waals surface area (Å²) in [7, 11) is 0. The van der Waals surface area contributed by atoms with Crippen LogP contribution >= 0.6 is 0 Å². The minimum atomic E-state index is -0.488. The third-order valence-corrected chi connectivity index (χ3v) is 2.87. The van der Waals surface area contributed by atoms with Crippen LogP contribution < -0.4 is 4.74 Å². The van der Waals surface area contributed by atoms with Crippen LogP contribution in [-0.4, -0.2) is 11.8 Å². The summed E-state index contributed by atoms with van der Waals surface area (Å²) in [6.45, 7) is 6.81. The zero-order valence-electron chi connectivity index (χ0n) is 11.0. The molecule has 2 aromatic rings. The first-order valence-corrected chi connectivity index (χ1v) is 6.14. The van der Waals surface area contributed by atoms with Crippen LogP contribution in [0.1, 0.15) is 5.56 Å². The molecule has 0 fully saturated rings. The monoisotopic (exact) mass is 266 g/mol. The predicted molar refractivity (Wildman–Crippen MR) is 78.7 cm³/mol. The standard InChI is InChI=1S/C17H14O3/c1-3-15(18)10-12-5-6-14-11-16(20-17(19)4-2)8-7-13(14)9-12/h3-9,11H,1-2,10H2. The van der Waals surface area contributed by atoms with Crippen LogP contribution in [0.5, 0.6) is 5.75 Å². The Morgan fingerprint density at radius 2 is 1.70 bits per heavy atom. The second-order valence-corrected chi connectivity index (χ2v) is 4.32. The summed E-state index contributed by atoms with van der Waals surface area (Å²) in [6.07, 6.45) is 2.78. The SMILES string of the molecule is C=CC(=O)Cc1ccc2cc(OC(=O)C=C)ccc2c1. The van der Waals surface area contributed by atoms with Gasteiger partial charge in [-0.25, -0.2) is 4.79 Å². The van der Waals surface area contributed by atoms with Gasteiger partial charge in [0.25, 0.3) is 0 Å². The van der Waals surface area contributed by atoms with Gasteiger partial charge in [-0.2, -0.15) is 0 Å². The first-order valence-electron chi connectivity index (χ1n) is 6.14. The largest absolute Gasteiger partial charge is 0.423 e. The second-order valence-electron chi connectivity index (χ2n) is 4.32. The lowest BCUT2D eigenvalue weighted by Gasteiger charge is -2.05. The third-order valence-electron chi connectivity index (χ3n) is 2.87. The highest BCUT2D eigenvalue weighted by atomic mass is 16.5. The van der Waals surface area contributed by atoms with E-state index in [1.807, 2.05) is 24.3 Å². The molecular formula is C17H14O3. The van der Waals surface area contributed by atoms with E-state index >= 15 is 0 Å². The number of allylic oxidation sites excluding steroid dienone is 1. The van der Waals surface area contributed by atoms with Crippen LogP contribution in [0.4, 0.5) is 0 Å². The lowest BCUT2D eigenvalue weighted by molar-refractivity contribution is -0.129. The van der Waals surface area contributed by atoms with Gasteiger partial charge in [0.15, 0.2) is 5.78 Å². The molecule has 100 valence electrons. The molecule has 0 aliphatic rings. The van der Waals surface area contributed by atoms with Gasteiger partial charge in [0.2, 0.25) is 0 Å². The van der Waals surface area contributed by atoms with E-state index in [4.69, 9.17) is 4.74 Å². The quantitative estimate of drug-likeness (QED) is 0.474. The fraction of sp³-hybridized carbons (Fsp3) is 0.0588. The molecule has 3 heteroatoms. The molecule has 0 saturated carbocycles. The lowest BCUT2D eigenvalue weighted by Crippen LogP contribution is -2.02. The highest BCUT2D eigenvalue weighted by molar-refractivity contribution is 5.92. The van der Waals surface area contributed by atoms with Gasteiger partial charge in [0.05, 0.1) is 0 Å². The van der Waals surface area contributed by atoms with Crippen molar-refractivity contribution >= 4 is 22.5 Å². The van der Waals surface area contributed by atoms with E-state index in [9.17, 15) is 9.59 Å². The maximum Gasteiger partial charge on any atom is 0.335 e. The fourth-order valence-electron chi connectivity index (χ4n) is 1.88. The van der Waals surface area contributed by atoms with Gasteiger partial charge in [0, 0.05) is 12.5 Å².